The molecule has 1 amide bonds. The zero-order valence-electron chi connectivity index (χ0n) is 18.4. The summed E-state index contributed by atoms with van der Waals surface area (Å²) in [5, 5.41) is 20.2. The number of nitrogen functional groups attached to an aromatic ring is 1. The second-order valence-electron chi connectivity index (χ2n) is 7.64. The van der Waals surface area contributed by atoms with Gasteiger partial charge in [-0.05, 0) is 29.8 Å². The summed E-state index contributed by atoms with van der Waals surface area (Å²) in [4.78, 5) is 20.3. The van der Waals surface area contributed by atoms with E-state index in [4.69, 9.17) is 5.73 Å². The summed E-state index contributed by atoms with van der Waals surface area (Å²) >= 11 is 2.83. The Bertz CT molecular complexity index is 1490. The van der Waals surface area contributed by atoms with Crippen LogP contribution in [-0.4, -0.2) is 11.7 Å². The number of nitriles is 2. The first-order valence-electron chi connectivity index (χ1n) is 10.7. The topological polar surface area (TPSA) is 108 Å². The number of hydrogen-bond acceptors (Lipinski definition) is 6. The molecule has 2 heterocycles. The molecule has 0 spiro atoms. The molecule has 1 aromatic heterocycles. The van der Waals surface area contributed by atoms with Gasteiger partial charge in [-0.25, -0.2) is 4.98 Å². The summed E-state index contributed by atoms with van der Waals surface area (Å²) in [6, 6.07) is 29.1. The second kappa shape index (κ2) is 9.55. The third kappa shape index (κ3) is 4.10. The molecule has 0 fully saturated rings. The number of pyridine rings is 1. The van der Waals surface area contributed by atoms with Gasteiger partial charge in [-0.3, -0.25) is 15.4 Å². The van der Waals surface area contributed by atoms with Crippen molar-refractivity contribution in [3.05, 3.63) is 90.0 Å². The highest BCUT2D eigenvalue weighted by atomic mass is 32.2. The SMILES string of the molecule is N#Cc1c(N)[nH+]c(SCC(=O)N2c3ccccc3Sc3ccccc32)c(C#N)c1-c1ccccc1. The molecule has 0 radical (unpaired) electrons. The minimum Gasteiger partial charge on any atom is -0.286 e. The van der Waals surface area contributed by atoms with Gasteiger partial charge in [0.25, 0.3) is 5.82 Å². The highest BCUT2D eigenvalue weighted by Gasteiger charge is 2.29. The number of amides is 1. The van der Waals surface area contributed by atoms with E-state index in [0.29, 0.717) is 16.2 Å². The van der Waals surface area contributed by atoms with Crippen molar-refractivity contribution in [1.82, 2.24) is 0 Å². The molecule has 35 heavy (non-hydrogen) atoms. The Morgan fingerprint density at radius 3 is 2.06 bits per heavy atom. The van der Waals surface area contributed by atoms with E-state index in [1.54, 1.807) is 16.7 Å². The Morgan fingerprint density at radius 2 is 1.46 bits per heavy atom. The minimum atomic E-state index is -0.128. The first-order chi connectivity index (χ1) is 17.1. The van der Waals surface area contributed by atoms with Gasteiger partial charge in [0.15, 0.2) is 5.03 Å². The number of H-pyrrole nitrogens is 1. The average Bonchev–Trinajstić information content (AvgIpc) is 2.90. The molecule has 168 valence electrons. The van der Waals surface area contributed by atoms with Crippen molar-refractivity contribution >= 4 is 46.6 Å². The van der Waals surface area contributed by atoms with E-state index in [1.165, 1.54) is 11.8 Å². The largest absolute Gasteiger partial charge is 0.289 e. The molecular weight excluding hydrogens is 474 g/mol. The zero-order valence-corrected chi connectivity index (χ0v) is 20.0. The fourth-order valence-corrected chi connectivity index (χ4v) is 5.95. The van der Waals surface area contributed by atoms with Gasteiger partial charge in [-0.2, -0.15) is 10.5 Å². The van der Waals surface area contributed by atoms with Crippen LogP contribution in [0.5, 0.6) is 0 Å². The Kier molecular flexibility index (Phi) is 6.15. The van der Waals surface area contributed by atoms with E-state index in [0.717, 1.165) is 21.2 Å². The molecule has 4 aromatic rings. The monoisotopic (exact) mass is 492 g/mol. The number of anilines is 3. The summed E-state index contributed by atoms with van der Waals surface area (Å²) in [5.74, 6) is 0.0972. The number of thioether (sulfide) groups is 1. The van der Waals surface area contributed by atoms with Crippen LogP contribution < -0.4 is 15.6 Å². The minimum absolute atomic E-state index is 0.0675. The van der Waals surface area contributed by atoms with Gasteiger partial charge in [-0.1, -0.05) is 78.1 Å². The summed E-state index contributed by atoms with van der Waals surface area (Å²) in [6.45, 7) is 0. The molecular formula is C27H18N5OS2+. The predicted molar refractivity (Wildman–Crippen MR) is 137 cm³/mol. The lowest BCUT2D eigenvalue weighted by Gasteiger charge is -2.30. The fourth-order valence-electron chi connectivity index (χ4n) is 4.02. The van der Waals surface area contributed by atoms with Gasteiger partial charge in [0.05, 0.1) is 17.1 Å². The van der Waals surface area contributed by atoms with Crippen molar-refractivity contribution in [2.45, 2.75) is 14.8 Å². The van der Waals surface area contributed by atoms with Crippen LogP contribution >= 0.6 is 23.5 Å². The number of nitrogens with two attached hydrogens (primary N) is 1. The Morgan fingerprint density at radius 1 is 0.886 bits per heavy atom. The lowest BCUT2D eigenvalue weighted by atomic mass is 9.97. The molecule has 8 heteroatoms. The van der Waals surface area contributed by atoms with Crippen molar-refractivity contribution in [1.29, 1.82) is 10.5 Å². The van der Waals surface area contributed by atoms with Gasteiger partial charge in [-0.15, -0.1) is 0 Å². The number of carbonyl (C=O) groups is 1. The van der Waals surface area contributed by atoms with Crippen LogP contribution in [0.25, 0.3) is 11.1 Å². The van der Waals surface area contributed by atoms with E-state index < -0.39 is 0 Å². The number of aromatic nitrogens is 1. The average molecular weight is 493 g/mol. The number of fused-ring (bicyclic) bond motifs is 2. The highest BCUT2D eigenvalue weighted by molar-refractivity contribution is 8.00. The third-order valence-corrected chi connectivity index (χ3v) is 7.67. The molecule has 3 aromatic carbocycles. The van der Waals surface area contributed by atoms with Crippen LogP contribution in [0.3, 0.4) is 0 Å². The molecule has 5 rings (SSSR count). The van der Waals surface area contributed by atoms with Gasteiger partial charge in [0.1, 0.15) is 23.3 Å². The van der Waals surface area contributed by atoms with Crippen LogP contribution in [0.1, 0.15) is 11.1 Å². The summed E-state index contributed by atoms with van der Waals surface area (Å²) < 4.78 is 0. The summed E-state index contributed by atoms with van der Waals surface area (Å²) in [7, 11) is 0. The van der Waals surface area contributed by atoms with Crippen LogP contribution in [0.15, 0.2) is 93.7 Å². The molecule has 0 bridgehead atoms. The fraction of sp³-hybridized carbons (Fsp3) is 0.0370. The molecule has 0 atom stereocenters. The Hall–Kier alpha value is -4.24. The van der Waals surface area contributed by atoms with E-state index in [2.05, 4.69) is 17.1 Å². The number of rotatable bonds is 4. The summed E-state index contributed by atoms with van der Waals surface area (Å²) in [6.07, 6.45) is 0. The van der Waals surface area contributed by atoms with Crippen LogP contribution in [0, 0.1) is 22.7 Å². The normalized spacial score (nSPS) is 11.7. The van der Waals surface area contributed by atoms with E-state index in [-0.39, 0.29) is 28.6 Å². The van der Waals surface area contributed by atoms with Crippen molar-refractivity contribution in [2.24, 2.45) is 0 Å². The number of nitrogens with zero attached hydrogens (tertiary/aromatic N) is 3. The predicted octanol–water partition coefficient (Wildman–Crippen LogP) is 5.41. The molecule has 1 aliphatic heterocycles. The van der Waals surface area contributed by atoms with Crippen molar-refractivity contribution in [3.8, 4) is 23.3 Å². The zero-order chi connectivity index (χ0) is 24.4. The van der Waals surface area contributed by atoms with Crippen LogP contribution in [0.2, 0.25) is 0 Å². The smallest absolute Gasteiger partial charge is 0.286 e. The number of nitrogens with one attached hydrogen (secondary N) is 1. The molecule has 6 nitrogen and oxygen atoms in total. The van der Waals surface area contributed by atoms with Crippen LogP contribution in [-0.2, 0) is 4.79 Å². The first-order valence-corrected chi connectivity index (χ1v) is 12.5. The highest BCUT2D eigenvalue weighted by Crippen LogP contribution is 2.48. The van der Waals surface area contributed by atoms with Crippen molar-refractivity contribution in [2.75, 3.05) is 16.4 Å². The number of hydrogen-bond donors (Lipinski definition) is 1. The van der Waals surface area contributed by atoms with E-state index in [1.807, 2.05) is 78.9 Å². The molecule has 0 saturated heterocycles. The van der Waals surface area contributed by atoms with Crippen molar-refractivity contribution < 1.29 is 9.78 Å². The quantitative estimate of drug-likeness (QED) is 0.381. The number of benzene rings is 3. The maximum absolute atomic E-state index is 13.6. The molecule has 0 saturated carbocycles. The number of carbonyl (C=O) groups excluding carboxylic acids is 1. The Balaban J connectivity index is 1.52. The maximum Gasteiger partial charge on any atom is 0.289 e. The van der Waals surface area contributed by atoms with Gasteiger partial charge < -0.3 is 0 Å². The van der Waals surface area contributed by atoms with E-state index >= 15 is 0 Å². The maximum atomic E-state index is 13.6. The standard InChI is InChI=1S/C27H17N5OS2/c28-14-18-25(17-8-2-1-3-9-17)19(15-29)27(31-26(18)30)34-16-24(33)32-20-10-4-6-12-22(20)35-23-13-7-5-11-21(23)32/h1-13H,16H2,(H2,30,31)/p+1. The van der Waals surface area contributed by atoms with Crippen LogP contribution in [0.4, 0.5) is 17.2 Å². The number of para-hydroxylation sites is 2. The first kappa shape index (κ1) is 22.5. The summed E-state index contributed by atoms with van der Waals surface area (Å²) in [5.41, 5.74) is 9.50. The van der Waals surface area contributed by atoms with Gasteiger partial charge in [0, 0.05) is 15.4 Å². The molecule has 0 aliphatic carbocycles. The second-order valence-corrected chi connectivity index (χ2v) is 9.71. The lowest BCUT2D eigenvalue weighted by Crippen LogP contribution is -2.30. The van der Waals surface area contributed by atoms with E-state index in [9.17, 15) is 15.3 Å². The third-order valence-electron chi connectivity index (χ3n) is 5.55. The number of aromatic amines is 1. The lowest BCUT2D eigenvalue weighted by molar-refractivity contribution is -0.410. The molecule has 3 N–H and O–H groups in total. The Labute approximate surface area is 211 Å². The molecule has 0 unspecified atom stereocenters. The van der Waals surface area contributed by atoms with Gasteiger partial charge in [0.2, 0.25) is 5.91 Å². The molecule has 1 aliphatic rings. The van der Waals surface area contributed by atoms with Gasteiger partial charge >= 0.3 is 0 Å². The van der Waals surface area contributed by atoms with Crippen molar-refractivity contribution in [3.63, 3.8) is 0 Å².